The first-order chi connectivity index (χ1) is 15.0. The van der Waals surface area contributed by atoms with Gasteiger partial charge in [0.25, 0.3) is 0 Å². The molecular formula is C25H23NO5. The van der Waals surface area contributed by atoms with E-state index in [1.165, 1.54) is 25.9 Å². The number of fused-ring (bicyclic) bond motifs is 2. The van der Waals surface area contributed by atoms with Crippen LogP contribution >= 0.6 is 0 Å². The van der Waals surface area contributed by atoms with Gasteiger partial charge in [-0.3, -0.25) is 4.79 Å². The first kappa shape index (κ1) is 20.6. The summed E-state index contributed by atoms with van der Waals surface area (Å²) in [6.45, 7) is 3.64. The lowest BCUT2D eigenvalue weighted by atomic mass is 9.84. The molecule has 1 aliphatic heterocycles. The van der Waals surface area contributed by atoms with Crippen LogP contribution in [0.5, 0.6) is 0 Å². The van der Waals surface area contributed by atoms with Crippen molar-refractivity contribution in [3.05, 3.63) is 89.0 Å². The highest BCUT2D eigenvalue weighted by Crippen LogP contribution is 2.49. The highest BCUT2D eigenvalue weighted by atomic mass is 16.5. The lowest BCUT2D eigenvalue weighted by Crippen LogP contribution is -2.49. The zero-order valence-electron chi connectivity index (χ0n) is 17.5. The number of ether oxygens (including phenoxy) is 2. The Balaban J connectivity index is 1.88. The summed E-state index contributed by atoms with van der Waals surface area (Å²) in [5.41, 5.74) is 5.63. The van der Waals surface area contributed by atoms with Crippen molar-refractivity contribution in [3.63, 3.8) is 0 Å². The first-order valence-corrected chi connectivity index (χ1v) is 10.0. The van der Waals surface area contributed by atoms with E-state index in [2.05, 4.69) is 18.7 Å². The Kier molecular flexibility index (Phi) is 5.46. The summed E-state index contributed by atoms with van der Waals surface area (Å²) in [7, 11) is 2.65. The van der Waals surface area contributed by atoms with E-state index in [1.807, 2.05) is 12.1 Å². The number of rotatable bonds is 4. The van der Waals surface area contributed by atoms with E-state index in [9.17, 15) is 14.4 Å². The van der Waals surface area contributed by atoms with Gasteiger partial charge in [0.05, 0.1) is 25.8 Å². The van der Waals surface area contributed by atoms with Crippen molar-refractivity contribution < 1.29 is 23.9 Å². The van der Waals surface area contributed by atoms with Gasteiger partial charge < -0.3 is 14.4 Å². The average molecular weight is 417 g/mol. The molecule has 2 aromatic rings. The molecule has 0 N–H and O–H groups in total. The van der Waals surface area contributed by atoms with Gasteiger partial charge in [0.2, 0.25) is 5.91 Å². The predicted octanol–water partition coefficient (Wildman–Crippen LogP) is 3.48. The number of hydrogen-bond acceptors (Lipinski definition) is 5. The standard InChI is InChI=1S/C25H23NO5/c1-4-22(27)26-21(25(29)31-3)14-19-18-8-6-5-7-17(18)13-20(19)23(26)15-9-11-16(12-10-15)24(28)30-2/h4-12,21,23H,1,13-14H2,2-3H3/t21-,23+/m1/s1. The van der Waals surface area contributed by atoms with E-state index in [0.29, 0.717) is 18.4 Å². The Morgan fingerprint density at radius 1 is 1.03 bits per heavy atom. The molecule has 0 saturated heterocycles. The number of methoxy groups -OCH3 is 2. The fraction of sp³-hybridized carbons (Fsp3) is 0.240. The van der Waals surface area contributed by atoms with Gasteiger partial charge in [-0.25, -0.2) is 9.59 Å². The van der Waals surface area contributed by atoms with E-state index in [0.717, 1.165) is 22.3 Å². The maximum Gasteiger partial charge on any atom is 0.337 e. The number of benzene rings is 2. The summed E-state index contributed by atoms with van der Waals surface area (Å²) in [6, 6.07) is 13.8. The van der Waals surface area contributed by atoms with Crippen LogP contribution in [0.1, 0.15) is 39.5 Å². The normalized spacial score (nSPS) is 19.4. The van der Waals surface area contributed by atoms with E-state index in [-0.39, 0.29) is 5.91 Å². The van der Waals surface area contributed by atoms with E-state index in [1.54, 1.807) is 29.2 Å². The molecular weight excluding hydrogens is 394 g/mol. The molecule has 31 heavy (non-hydrogen) atoms. The van der Waals surface area contributed by atoms with Crippen LogP contribution in [0.2, 0.25) is 0 Å². The molecule has 0 radical (unpaired) electrons. The number of amides is 1. The van der Waals surface area contributed by atoms with Gasteiger partial charge >= 0.3 is 11.9 Å². The van der Waals surface area contributed by atoms with Crippen LogP contribution in [-0.2, 0) is 25.5 Å². The number of carbonyl (C=O) groups excluding carboxylic acids is 3. The van der Waals surface area contributed by atoms with E-state index in [4.69, 9.17) is 9.47 Å². The summed E-state index contributed by atoms with van der Waals surface area (Å²) in [4.78, 5) is 39.1. The van der Waals surface area contributed by atoms with Gasteiger partial charge in [-0.15, -0.1) is 0 Å². The highest BCUT2D eigenvalue weighted by Gasteiger charge is 2.45. The van der Waals surface area contributed by atoms with Crippen molar-refractivity contribution in [1.29, 1.82) is 0 Å². The molecule has 2 atom stereocenters. The molecule has 1 amide bonds. The largest absolute Gasteiger partial charge is 0.467 e. The van der Waals surface area contributed by atoms with Crippen LogP contribution in [-0.4, -0.2) is 43.0 Å². The zero-order chi connectivity index (χ0) is 22.1. The molecule has 2 aliphatic rings. The van der Waals surface area contributed by atoms with E-state index >= 15 is 0 Å². The highest BCUT2D eigenvalue weighted by molar-refractivity contribution is 5.95. The minimum atomic E-state index is -0.773. The third-order valence-corrected chi connectivity index (χ3v) is 6.00. The van der Waals surface area contributed by atoms with Crippen LogP contribution in [0.25, 0.3) is 5.57 Å². The van der Waals surface area contributed by atoms with Gasteiger partial charge in [0.1, 0.15) is 6.04 Å². The summed E-state index contributed by atoms with van der Waals surface area (Å²) < 4.78 is 9.84. The van der Waals surface area contributed by atoms with Gasteiger partial charge in [-0.2, -0.15) is 0 Å². The Morgan fingerprint density at radius 3 is 2.39 bits per heavy atom. The maximum absolute atomic E-state index is 13.0. The van der Waals surface area contributed by atoms with Crippen LogP contribution in [0.3, 0.4) is 0 Å². The smallest absolute Gasteiger partial charge is 0.337 e. The summed E-state index contributed by atoms with van der Waals surface area (Å²) >= 11 is 0. The molecule has 6 nitrogen and oxygen atoms in total. The molecule has 1 heterocycles. The molecule has 2 aromatic carbocycles. The van der Waals surface area contributed by atoms with Crippen LogP contribution in [0, 0.1) is 0 Å². The van der Waals surface area contributed by atoms with Crippen molar-refractivity contribution in [2.45, 2.75) is 24.9 Å². The van der Waals surface area contributed by atoms with Crippen LogP contribution < -0.4 is 0 Å². The van der Waals surface area contributed by atoms with Crippen molar-refractivity contribution in [2.75, 3.05) is 14.2 Å². The Labute approximate surface area is 180 Å². The second kappa shape index (κ2) is 8.22. The summed E-state index contributed by atoms with van der Waals surface area (Å²) in [5.74, 6) is -1.25. The molecule has 4 rings (SSSR count). The minimum absolute atomic E-state index is 0.347. The number of esters is 2. The quantitative estimate of drug-likeness (QED) is 0.563. The van der Waals surface area contributed by atoms with Crippen molar-refractivity contribution >= 4 is 23.4 Å². The first-order valence-electron chi connectivity index (χ1n) is 10.0. The Morgan fingerprint density at radius 2 is 1.74 bits per heavy atom. The average Bonchev–Trinajstić information content (AvgIpc) is 3.19. The molecule has 0 bridgehead atoms. The SMILES string of the molecule is C=CC(=O)N1[C@@H](C(=O)OC)CC2=C(Cc3ccccc32)[C@@H]1c1ccc(C(=O)OC)cc1. The molecule has 6 heteroatoms. The Hall–Kier alpha value is -3.67. The van der Waals surface area contributed by atoms with Crippen LogP contribution in [0.4, 0.5) is 0 Å². The monoisotopic (exact) mass is 417 g/mol. The number of hydrogen-bond donors (Lipinski definition) is 0. The van der Waals surface area contributed by atoms with Crippen LogP contribution in [0.15, 0.2) is 66.8 Å². The molecule has 1 aliphatic carbocycles. The summed E-state index contributed by atoms with van der Waals surface area (Å²) in [5, 5.41) is 0. The maximum atomic E-state index is 13.0. The topological polar surface area (TPSA) is 72.9 Å². The molecule has 0 saturated carbocycles. The van der Waals surface area contributed by atoms with Crippen molar-refractivity contribution in [3.8, 4) is 0 Å². The van der Waals surface area contributed by atoms with Gasteiger partial charge in [0, 0.05) is 6.42 Å². The van der Waals surface area contributed by atoms with E-state index < -0.39 is 24.0 Å². The zero-order valence-corrected chi connectivity index (χ0v) is 17.5. The molecule has 0 spiro atoms. The minimum Gasteiger partial charge on any atom is -0.467 e. The second-order valence-corrected chi connectivity index (χ2v) is 7.55. The van der Waals surface area contributed by atoms with Crippen molar-refractivity contribution in [1.82, 2.24) is 4.90 Å². The third kappa shape index (κ3) is 3.44. The molecule has 158 valence electrons. The number of nitrogens with zero attached hydrogens (tertiary/aromatic N) is 1. The third-order valence-electron chi connectivity index (χ3n) is 6.00. The lowest BCUT2D eigenvalue weighted by Gasteiger charge is -2.41. The fourth-order valence-corrected chi connectivity index (χ4v) is 4.60. The van der Waals surface area contributed by atoms with Crippen molar-refractivity contribution in [2.24, 2.45) is 0 Å². The summed E-state index contributed by atoms with van der Waals surface area (Å²) in [6.07, 6.45) is 2.29. The predicted molar refractivity (Wildman–Crippen MR) is 115 cm³/mol. The van der Waals surface area contributed by atoms with Gasteiger partial charge in [0.15, 0.2) is 0 Å². The molecule has 0 unspecified atom stereocenters. The molecule has 0 fully saturated rings. The molecule has 0 aromatic heterocycles. The lowest BCUT2D eigenvalue weighted by molar-refractivity contribution is -0.153. The Bertz CT molecular complexity index is 1100. The second-order valence-electron chi connectivity index (χ2n) is 7.55. The van der Waals surface area contributed by atoms with Gasteiger partial charge in [-0.1, -0.05) is 43.0 Å². The van der Waals surface area contributed by atoms with Gasteiger partial charge in [-0.05, 0) is 52.5 Å². The fourth-order valence-electron chi connectivity index (χ4n) is 4.60. The number of carbonyl (C=O) groups is 3.